The molecule has 2 heterocycles. The van der Waals surface area contributed by atoms with E-state index in [9.17, 15) is 14.4 Å². The fourth-order valence-electron chi connectivity index (χ4n) is 2.98. The predicted molar refractivity (Wildman–Crippen MR) is 102 cm³/mol. The molecule has 0 aliphatic carbocycles. The largest absolute Gasteiger partial charge is 0.497 e. The van der Waals surface area contributed by atoms with Crippen LogP contribution in [0.1, 0.15) is 18.4 Å². The van der Waals surface area contributed by atoms with Gasteiger partial charge in [0.05, 0.1) is 7.11 Å². The van der Waals surface area contributed by atoms with Gasteiger partial charge in [-0.15, -0.1) is 0 Å². The number of ether oxygens (including phenoxy) is 1. The number of rotatable bonds is 8. The third kappa shape index (κ3) is 4.67. The third-order valence-electron chi connectivity index (χ3n) is 4.53. The molecule has 1 aliphatic heterocycles. The van der Waals surface area contributed by atoms with Crippen molar-refractivity contribution in [1.29, 1.82) is 0 Å². The van der Waals surface area contributed by atoms with E-state index in [4.69, 9.17) is 4.74 Å². The molecule has 9 nitrogen and oxygen atoms in total. The predicted octanol–water partition coefficient (Wildman–Crippen LogP) is 1.31. The number of nitrogens with zero attached hydrogens (tertiary/aromatic N) is 3. The lowest BCUT2D eigenvalue weighted by Gasteiger charge is -2.13. The zero-order valence-corrected chi connectivity index (χ0v) is 15.8. The standard InChI is InChI=1S/C19H23N5O4/c1-23-11-10-16(22-23)21-17(25)8-7-15-18(26)24(19(27)20-15)12-9-13-3-5-14(28-2)6-4-13/h3-6,10-11,15H,7-9,12H2,1-2H3,(H,20,27)(H,21,22,25)/t15-/m1/s1. The van der Waals surface area contributed by atoms with Crippen LogP contribution in [0.5, 0.6) is 5.75 Å². The molecule has 3 rings (SSSR count). The van der Waals surface area contributed by atoms with E-state index in [2.05, 4.69) is 15.7 Å². The van der Waals surface area contributed by atoms with Crippen molar-refractivity contribution in [1.82, 2.24) is 20.0 Å². The molecule has 1 fully saturated rings. The molecule has 1 aliphatic rings. The number of imide groups is 1. The molecule has 0 spiro atoms. The van der Waals surface area contributed by atoms with Crippen molar-refractivity contribution in [3.63, 3.8) is 0 Å². The number of methoxy groups -OCH3 is 1. The molecule has 1 atom stereocenters. The fraction of sp³-hybridized carbons (Fsp3) is 0.368. The molecular weight excluding hydrogens is 362 g/mol. The van der Waals surface area contributed by atoms with Crippen LogP contribution >= 0.6 is 0 Å². The lowest BCUT2D eigenvalue weighted by Crippen LogP contribution is -2.33. The molecular formula is C19H23N5O4. The molecule has 0 bridgehead atoms. The van der Waals surface area contributed by atoms with Crippen LogP contribution in [0.4, 0.5) is 10.6 Å². The first kappa shape index (κ1) is 19.4. The van der Waals surface area contributed by atoms with Crippen molar-refractivity contribution in [2.45, 2.75) is 25.3 Å². The van der Waals surface area contributed by atoms with E-state index in [1.807, 2.05) is 24.3 Å². The van der Waals surface area contributed by atoms with Crippen molar-refractivity contribution < 1.29 is 19.1 Å². The molecule has 148 valence electrons. The topological polar surface area (TPSA) is 106 Å². The zero-order valence-electron chi connectivity index (χ0n) is 15.8. The van der Waals surface area contributed by atoms with Crippen molar-refractivity contribution in [2.75, 3.05) is 19.0 Å². The van der Waals surface area contributed by atoms with E-state index in [1.54, 1.807) is 31.1 Å². The maximum Gasteiger partial charge on any atom is 0.324 e. The molecule has 2 N–H and O–H groups in total. The first-order chi connectivity index (χ1) is 13.5. The van der Waals surface area contributed by atoms with Crippen molar-refractivity contribution in [3.05, 3.63) is 42.1 Å². The number of urea groups is 1. The lowest BCUT2D eigenvalue weighted by molar-refractivity contribution is -0.127. The highest BCUT2D eigenvalue weighted by Crippen LogP contribution is 2.15. The van der Waals surface area contributed by atoms with E-state index in [0.717, 1.165) is 11.3 Å². The van der Waals surface area contributed by atoms with Gasteiger partial charge >= 0.3 is 6.03 Å². The molecule has 1 aromatic carbocycles. The minimum absolute atomic E-state index is 0.111. The van der Waals surface area contributed by atoms with Crippen molar-refractivity contribution in [3.8, 4) is 5.75 Å². The fourth-order valence-corrected chi connectivity index (χ4v) is 2.98. The highest BCUT2D eigenvalue weighted by atomic mass is 16.5. The number of nitrogens with one attached hydrogen (secondary N) is 2. The average molecular weight is 385 g/mol. The van der Waals surface area contributed by atoms with Crippen LogP contribution in [-0.4, -0.2) is 52.2 Å². The molecule has 1 aromatic heterocycles. The number of aryl methyl sites for hydroxylation is 1. The van der Waals surface area contributed by atoms with Crippen LogP contribution in [0.25, 0.3) is 0 Å². The lowest BCUT2D eigenvalue weighted by atomic mass is 10.1. The summed E-state index contributed by atoms with van der Waals surface area (Å²) in [5.74, 6) is 0.653. The number of hydrogen-bond acceptors (Lipinski definition) is 5. The van der Waals surface area contributed by atoms with Gasteiger partial charge in [0.2, 0.25) is 5.91 Å². The second-order valence-electron chi connectivity index (χ2n) is 6.55. The third-order valence-corrected chi connectivity index (χ3v) is 4.53. The van der Waals surface area contributed by atoms with E-state index in [1.165, 1.54) is 4.90 Å². The summed E-state index contributed by atoms with van der Waals surface area (Å²) in [4.78, 5) is 37.8. The SMILES string of the molecule is COc1ccc(CCN2C(=O)N[C@H](CCC(=O)Nc3ccn(C)n3)C2=O)cc1. The second kappa shape index (κ2) is 8.55. The summed E-state index contributed by atoms with van der Waals surface area (Å²) in [6.07, 6.45) is 2.62. The smallest absolute Gasteiger partial charge is 0.324 e. The summed E-state index contributed by atoms with van der Waals surface area (Å²) in [6, 6.07) is 8.05. The molecule has 4 amide bonds. The Kier molecular flexibility index (Phi) is 5.93. The number of amides is 4. The minimum atomic E-state index is -0.683. The Morgan fingerprint density at radius 3 is 2.64 bits per heavy atom. The van der Waals surface area contributed by atoms with Crippen LogP contribution in [0.15, 0.2) is 36.5 Å². The Labute approximate surface area is 162 Å². The summed E-state index contributed by atoms with van der Waals surface area (Å²) in [5.41, 5.74) is 1.000. The summed E-state index contributed by atoms with van der Waals surface area (Å²) < 4.78 is 6.69. The van der Waals surface area contributed by atoms with Gasteiger partial charge in [0.25, 0.3) is 5.91 Å². The van der Waals surface area contributed by atoms with Gasteiger partial charge in [0.1, 0.15) is 11.8 Å². The summed E-state index contributed by atoms with van der Waals surface area (Å²) >= 11 is 0. The van der Waals surface area contributed by atoms with Gasteiger partial charge in [-0.25, -0.2) is 4.79 Å². The van der Waals surface area contributed by atoms with Crippen LogP contribution in [-0.2, 0) is 23.1 Å². The first-order valence-corrected chi connectivity index (χ1v) is 9.00. The van der Waals surface area contributed by atoms with Crippen LogP contribution in [0.3, 0.4) is 0 Å². The Morgan fingerprint density at radius 1 is 1.25 bits per heavy atom. The quantitative estimate of drug-likeness (QED) is 0.667. The Morgan fingerprint density at radius 2 is 2.00 bits per heavy atom. The first-order valence-electron chi connectivity index (χ1n) is 9.00. The maximum absolute atomic E-state index is 12.5. The number of carbonyl (C=O) groups excluding carboxylic acids is 3. The number of benzene rings is 1. The van der Waals surface area contributed by atoms with E-state index >= 15 is 0 Å². The van der Waals surface area contributed by atoms with Gasteiger partial charge in [-0.05, 0) is 30.5 Å². The van der Waals surface area contributed by atoms with Crippen molar-refractivity contribution >= 4 is 23.7 Å². The Bertz CT molecular complexity index is 861. The monoisotopic (exact) mass is 385 g/mol. The van der Waals surface area contributed by atoms with Crippen LogP contribution in [0, 0.1) is 0 Å². The normalized spacial score (nSPS) is 16.2. The number of carbonyl (C=O) groups is 3. The molecule has 9 heteroatoms. The summed E-state index contributed by atoms with van der Waals surface area (Å²) in [6.45, 7) is 0.285. The van der Waals surface area contributed by atoms with Gasteiger partial charge in [-0.2, -0.15) is 5.10 Å². The van der Waals surface area contributed by atoms with E-state index in [0.29, 0.717) is 12.2 Å². The molecule has 0 unspecified atom stereocenters. The molecule has 2 aromatic rings. The Balaban J connectivity index is 1.47. The Hall–Kier alpha value is -3.36. The highest BCUT2D eigenvalue weighted by Gasteiger charge is 2.37. The van der Waals surface area contributed by atoms with Crippen LogP contribution in [0.2, 0.25) is 0 Å². The molecule has 28 heavy (non-hydrogen) atoms. The van der Waals surface area contributed by atoms with Gasteiger partial charge in [-0.1, -0.05) is 12.1 Å². The average Bonchev–Trinajstić information content (AvgIpc) is 3.21. The number of hydrogen-bond donors (Lipinski definition) is 2. The van der Waals surface area contributed by atoms with Gasteiger partial charge < -0.3 is 15.4 Å². The molecule has 1 saturated heterocycles. The molecule has 0 saturated carbocycles. The minimum Gasteiger partial charge on any atom is -0.497 e. The highest BCUT2D eigenvalue weighted by molar-refractivity contribution is 6.04. The molecule has 0 radical (unpaired) electrons. The number of anilines is 1. The summed E-state index contributed by atoms with van der Waals surface area (Å²) in [5, 5.41) is 9.38. The number of aromatic nitrogens is 2. The van der Waals surface area contributed by atoms with Gasteiger partial charge in [0, 0.05) is 32.3 Å². The van der Waals surface area contributed by atoms with Gasteiger partial charge in [-0.3, -0.25) is 19.2 Å². The second-order valence-corrected chi connectivity index (χ2v) is 6.55. The zero-order chi connectivity index (χ0) is 20.1. The van der Waals surface area contributed by atoms with Crippen LogP contribution < -0.4 is 15.4 Å². The van der Waals surface area contributed by atoms with Gasteiger partial charge in [0.15, 0.2) is 5.82 Å². The van der Waals surface area contributed by atoms with E-state index in [-0.39, 0.29) is 31.2 Å². The van der Waals surface area contributed by atoms with Crippen molar-refractivity contribution in [2.24, 2.45) is 7.05 Å². The van der Waals surface area contributed by atoms with E-state index < -0.39 is 12.1 Å². The maximum atomic E-state index is 12.5. The summed E-state index contributed by atoms with van der Waals surface area (Å²) in [7, 11) is 3.35.